The van der Waals surface area contributed by atoms with Gasteiger partial charge in [0, 0.05) is 0 Å². The molecule has 0 aliphatic heterocycles. The largest absolute Gasteiger partial charge is 0.464 e. The number of benzene rings is 1. The summed E-state index contributed by atoms with van der Waals surface area (Å²) in [5, 5.41) is 2.60. The Hall–Kier alpha value is -2.70. The lowest BCUT2D eigenvalue weighted by atomic mass is 10.3. The topological polar surface area (TPSA) is 80.3 Å². The van der Waals surface area contributed by atoms with Crippen molar-refractivity contribution in [1.29, 1.82) is 0 Å². The van der Waals surface area contributed by atoms with Crippen LogP contribution in [0.4, 0.5) is 0 Å². The number of aromatic nitrogens is 4. The second-order valence-electron chi connectivity index (χ2n) is 4.08. The molecule has 3 aromatic rings. The van der Waals surface area contributed by atoms with Crippen LogP contribution in [0.25, 0.3) is 16.7 Å². The number of aryl methyl sites for hydroxylation is 1. The number of para-hydroxylation sites is 2. The van der Waals surface area contributed by atoms with Gasteiger partial charge in [-0.25, -0.2) is 14.6 Å². The number of carbonyl (C=O) groups is 1. The number of aromatic amines is 1. The van der Waals surface area contributed by atoms with Gasteiger partial charge in [-0.15, -0.1) is 4.40 Å². The van der Waals surface area contributed by atoms with E-state index in [9.17, 15) is 9.59 Å². The molecule has 0 atom stereocenters. The standard InChI is InChI=1S/C12H10N4O3/c1-15-10-9(11(17)19-2)13-7-5-3-4-6-8(7)16(10)12(18)14-15/h3-6H,1-2H3/p+1. The molecule has 2 aromatic heterocycles. The van der Waals surface area contributed by atoms with Gasteiger partial charge in [-0.05, 0) is 12.1 Å². The second kappa shape index (κ2) is 3.91. The summed E-state index contributed by atoms with van der Waals surface area (Å²) in [4.78, 5) is 28.1. The fourth-order valence-electron chi connectivity index (χ4n) is 2.13. The van der Waals surface area contributed by atoms with E-state index < -0.39 is 5.97 Å². The molecule has 0 saturated carbocycles. The van der Waals surface area contributed by atoms with Gasteiger partial charge in [-0.2, -0.15) is 9.78 Å². The minimum atomic E-state index is -0.585. The van der Waals surface area contributed by atoms with E-state index in [1.165, 1.54) is 16.2 Å². The summed E-state index contributed by atoms with van der Waals surface area (Å²) in [6, 6.07) is 7.10. The third kappa shape index (κ3) is 1.51. The van der Waals surface area contributed by atoms with E-state index in [2.05, 4.69) is 10.1 Å². The molecule has 96 valence electrons. The zero-order valence-corrected chi connectivity index (χ0v) is 10.4. The summed E-state index contributed by atoms with van der Waals surface area (Å²) in [7, 11) is 2.92. The zero-order valence-electron chi connectivity index (χ0n) is 10.4. The van der Waals surface area contributed by atoms with E-state index in [0.29, 0.717) is 16.7 Å². The van der Waals surface area contributed by atoms with Gasteiger partial charge in [0.15, 0.2) is 5.52 Å². The lowest BCUT2D eigenvalue weighted by Crippen LogP contribution is -2.34. The van der Waals surface area contributed by atoms with Crippen molar-refractivity contribution in [2.24, 2.45) is 7.05 Å². The van der Waals surface area contributed by atoms with Crippen LogP contribution in [0.5, 0.6) is 0 Å². The minimum absolute atomic E-state index is 0.0991. The Labute approximate surface area is 107 Å². The smallest absolute Gasteiger partial charge is 0.449 e. The molecule has 2 heterocycles. The number of H-pyrrole nitrogens is 1. The highest BCUT2D eigenvalue weighted by Gasteiger charge is 2.26. The van der Waals surface area contributed by atoms with E-state index in [-0.39, 0.29) is 11.4 Å². The molecule has 0 aliphatic rings. The zero-order chi connectivity index (χ0) is 13.6. The summed E-state index contributed by atoms with van der Waals surface area (Å²) >= 11 is 0. The molecule has 0 saturated heterocycles. The SMILES string of the molecule is COC(=O)c1nc2ccccc2n2c(=O)[nH][n+](C)c12. The molecule has 0 bridgehead atoms. The fraction of sp³-hybridized carbons (Fsp3) is 0.167. The Morgan fingerprint density at radius 3 is 2.89 bits per heavy atom. The Kier molecular flexibility index (Phi) is 2.34. The molecule has 0 amide bonds. The molecule has 3 rings (SSSR count). The van der Waals surface area contributed by atoms with Crippen LogP contribution in [0.2, 0.25) is 0 Å². The predicted molar refractivity (Wildman–Crippen MR) is 65.8 cm³/mol. The highest BCUT2D eigenvalue weighted by Crippen LogP contribution is 2.14. The summed E-state index contributed by atoms with van der Waals surface area (Å²) in [6.45, 7) is 0. The first kappa shape index (κ1) is 11.4. The summed E-state index contributed by atoms with van der Waals surface area (Å²) in [5.74, 6) is -0.585. The fourth-order valence-corrected chi connectivity index (χ4v) is 2.13. The highest BCUT2D eigenvalue weighted by molar-refractivity contribution is 5.95. The number of methoxy groups -OCH3 is 1. The number of fused-ring (bicyclic) bond motifs is 3. The molecule has 7 nitrogen and oxygen atoms in total. The van der Waals surface area contributed by atoms with E-state index in [4.69, 9.17) is 4.74 Å². The van der Waals surface area contributed by atoms with Gasteiger partial charge in [0.25, 0.3) is 0 Å². The van der Waals surface area contributed by atoms with Crippen LogP contribution in [0.3, 0.4) is 0 Å². The molecule has 1 N–H and O–H groups in total. The van der Waals surface area contributed by atoms with E-state index in [1.807, 2.05) is 0 Å². The Bertz CT molecular complexity index is 862. The van der Waals surface area contributed by atoms with E-state index in [1.54, 1.807) is 31.3 Å². The first-order valence-corrected chi connectivity index (χ1v) is 5.61. The molecule has 19 heavy (non-hydrogen) atoms. The van der Waals surface area contributed by atoms with Gasteiger partial charge in [-0.3, -0.25) is 0 Å². The Morgan fingerprint density at radius 2 is 2.16 bits per heavy atom. The molecular weight excluding hydrogens is 248 g/mol. The van der Waals surface area contributed by atoms with Crippen LogP contribution >= 0.6 is 0 Å². The normalized spacial score (nSPS) is 11.1. The minimum Gasteiger partial charge on any atom is -0.464 e. The lowest BCUT2D eigenvalue weighted by molar-refractivity contribution is -0.705. The van der Waals surface area contributed by atoms with Gasteiger partial charge >= 0.3 is 17.3 Å². The number of hydrogen-bond donors (Lipinski definition) is 1. The van der Waals surface area contributed by atoms with Gasteiger partial charge in [0.1, 0.15) is 12.6 Å². The molecular formula is C12H11N4O3+. The van der Waals surface area contributed by atoms with Gasteiger partial charge in [-0.1, -0.05) is 12.1 Å². The summed E-state index contributed by atoms with van der Waals surface area (Å²) in [5.41, 5.74) is 1.32. The Morgan fingerprint density at radius 1 is 1.42 bits per heavy atom. The van der Waals surface area contributed by atoms with Crippen molar-refractivity contribution in [2.75, 3.05) is 7.11 Å². The van der Waals surface area contributed by atoms with Gasteiger partial charge < -0.3 is 4.74 Å². The second-order valence-corrected chi connectivity index (χ2v) is 4.08. The number of nitrogens with one attached hydrogen (secondary N) is 1. The molecule has 0 radical (unpaired) electrons. The molecule has 0 unspecified atom stereocenters. The molecule has 1 aromatic carbocycles. The summed E-state index contributed by atoms with van der Waals surface area (Å²) < 4.78 is 7.58. The first-order valence-electron chi connectivity index (χ1n) is 5.61. The van der Waals surface area contributed by atoms with Crippen LogP contribution < -0.4 is 10.4 Å². The van der Waals surface area contributed by atoms with Crippen LogP contribution in [0.15, 0.2) is 29.1 Å². The summed E-state index contributed by atoms with van der Waals surface area (Å²) in [6.07, 6.45) is 0. The van der Waals surface area contributed by atoms with Crippen molar-refractivity contribution in [3.63, 3.8) is 0 Å². The third-order valence-electron chi connectivity index (χ3n) is 2.94. The van der Waals surface area contributed by atoms with E-state index in [0.717, 1.165) is 0 Å². The highest BCUT2D eigenvalue weighted by atomic mass is 16.5. The van der Waals surface area contributed by atoms with Crippen molar-refractivity contribution >= 4 is 22.6 Å². The number of carbonyl (C=O) groups excluding carboxylic acids is 1. The molecule has 0 spiro atoms. The maximum Gasteiger partial charge on any atom is 0.449 e. The van der Waals surface area contributed by atoms with Crippen molar-refractivity contribution in [3.8, 4) is 0 Å². The van der Waals surface area contributed by atoms with Crippen LogP contribution in [0.1, 0.15) is 10.5 Å². The quantitative estimate of drug-likeness (QED) is 0.484. The van der Waals surface area contributed by atoms with Crippen LogP contribution in [-0.2, 0) is 11.8 Å². The van der Waals surface area contributed by atoms with Gasteiger partial charge in [0.05, 0.1) is 7.11 Å². The number of nitrogens with zero attached hydrogens (tertiary/aromatic N) is 3. The van der Waals surface area contributed by atoms with Crippen molar-refractivity contribution < 1.29 is 14.2 Å². The molecule has 7 heteroatoms. The average molecular weight is 259 g/mol. The number of ether oxygens (including phenoxy) is 1. The number of hydrogen-bond acceptors (Lipinski definition) is 4. The first-order chi connectivity index (χ1) is 9.13. The van der Waals surface area contributed by atoms with Crippen molar-refractivity contribution in [2.45, 2.75) is 0 Å². The van der Waals surface area contributed by atoms with E-state index >= 15 is 0 Å². The molecule has 0 fully saturated rings. The van der Waals surface area contributed by atoms with Gasteiger partial charge in [0.2, 0.25) is 5.69 Å². The average Bonchev–Trinajstić information content (AvgIpc) is 2.73. The monoisotopic (exact) mass is 259 g/mol. The molecule has 0 aliphatic carbocycles. The number of rotatable bonds is 1. The maximum absolute atomic E-state index is 12.0. The maximum atomic E-state index is 12.0. The number of esters is 1. The van der Waals surface area contributed by atoms with Crippen molar-refractivity contribution in [1.82, 2.24) is 14.5 Å². The Balaban J connectivity index is 2.61. The predicted octanol–water partition coefficient (Wildman–Crippen LogP) is -0.213. The van der Waals surface area contributed by atoms with Crippen LogP contribution in [-0.4, -0.2) is 27.6 Å². The van der Waals surface area contributed by atoms with Crippen molar-refractivity contribution in [3.05, 3.63) is 40.4 Å². The third-order valence-corrected chi connectivity index (χ3v) is 2.94. The lowest BCUT2D eigenvalue weighted by Gasteiger charge is -2.00. The van der Waals surface area contributed by atoms with Crippen LogP contribution in [0, 0.1) is 0 Å².